The Labute approximate surface area is 120 Å². The van der Waals surface area contributed by atoms with Gasteiger partial charge in [0.2, 0.25) is 0 Å². The third kappa shape index (κ3) is 3.32. The minimum absolute atomic E-state index is 0.105. The largest absolute Gasteiger partial charge is 0.481 e. The van der Waals surface area contributed by atoms with Crippen LogP contribution in [-0.4, -0.2) is 23.5 Å². The molecule has 0 radical (unpaired) electrons. The maximum atomic E-state index is 11.1. The van der Waals surface area contributed by atoms with Crippen LogP contribution in [0.15, 0.2) is 0 Å². The molecule has 0 aromatic carbocycles. The van der Waals surface area contributed by atoms with Crippen LogP contribution >= 0.6 is 0 Å². The monoisotopic (exact) mass is 282 g/mol. The first kappa shape index (κ1) is 14.3. The molecule has 1 heterocycles. The van der Waals surface area contributed by atoms with Crippen molar-refractivity contribution in [1.82, 2.24) is 10.8 Å². The van der Waals surface area contributed by atoms with E-state index in [1.54, 1.807) is 0 Å². The SMILES string of the molecule is O=C(O)C1CCCC(C2NOC(CC3CCCC3)N2)C1. The normalized spacial score (nSPS) is 39.2. The minimum Gasteiger partial charge on any atom is -0.481 e. The molecule has 5 heteroatoms. The quantitative estimate of drug-likeness (QED) is 0.737. The molecule has 0 spiro atoms. The second-order valence-corrected chi connectivity index (χ2v) is 6.72. The number of carbonyl (C=O) groups is 1. The molecule has 114 valence electrons. The van der Waals surface area contributed by atoms with Crippen LogP contribution in [0.25, 0.3) is 0 Å². The van der Waals surface area contributed by atoms with Gasteiger partial charge in [0.25, 0.3) is 0 Å². The lowest BCUT2D eigenvalue weighted by Gasteiger charge is -2.30. The van der Waals surface area contributed by atoms with E-state index >= 15 is 0 Å². The van der Waals surface area contributed by atoms with Crippen LogP contribution in [-0.2, 0) is 9.63 Å². The summed E-state index contributed by atoms with van der Waals surface area (Å²) in [6.07, 6.45) is 10.4. The van der Waals surface area contributed by atoms with E-state index in [2.05, 4.69) is 10.8 Å². The molecular formula is C15H26N2O3. The van der Waals surface area contributed by atoms with Crippen molar-refractivity contribution in [3.8, 4) is 0 Å². The first-order valence-corrected chi connectivity index (χ1v) is 8.12. The zero-order chi connectivity index (χ0) is 13.9. The predicted molar refractivity (Wildman–Crippen MR) is 74.6 cm³/mol. The number of nitrogens with one attached hydrogen (secondary N) is 2. The highest BCUT2D eigenvalue weighted by Crippen LogP contribution is 2.33. The van der Waals surface area contributed by atoms with Gasteiger partial charge < -0.3 is 5.11 Å². The van der Waals surface area contributed by atoms with Crippen molar-refractivity contribution < 1.29 is 14.7 Å². The standard InChI is InChI=1S/C15H26N2O3/c18-15(19)12-7-3-6-11(9-12)14-16-13(20-17-14)8-10-4-1-2-5-10/h10-14,16-17H,1-9H2,(H,18,19). The molecule has 2 aliphatic carbocycles. The Morgan fingerprint density at radius 1 is 1.15 bits per heavy atom. The molecule has 0 aromatic heterocycles. The van der Waals surface area contributed by atoms with Crippen LogP contribution in [0, 0.1) is 17.8 Å². The summed E-state index contributed by atoms with van der Waals surface area (Å²) in [5, 5.41) is 12.7. The van der Waals surface area contributed by atoms with Gasteiger partial charge in [0.1, 0.15) is 6.23 Å². The average molecular weight is 282 g/mol. The third-order valence-electron chi connectivity index (χ3n) is 5.26. The van der Waals surface area contributed by atoms with Crippen LogP contribution in [0.2, 0.25) is 0 Å². The summed E-state index contributed by atoms with van der Waals surface area (Å²) in [6, 6.07) is 0. The smallest absolute Gasteiger partial charge is 0.306 e. The second-order valence-electron chi connectivity index (χ2n) is 6.72. The first-order chi connectivity index (χ1) is 9.72. The Hall–Kier alpha value is -0.650. The molecule has 0 bridgehead atoms. The van der Waals surface area contributed by atoms with Gasteiger partial charge in [-0.3, -0.25) is 14.9 Å². The Morgan fingerprint density at radius 2 is 1.95 bits per heavy atom. The highest BCUT2D eigenvalue weighted by Gasteiger charge is 2.36. The van der Waals surface area contributed by atoms with Crippen LogP contribution in [0.1, 0.15) is 57.8 Å². The van der Waals surface area contributed by atoms with Crippen LogP contribution in [0.4, 0.5) is 0 Å². The van der Waals surface area contributed by atoms with E-state index in [0.29, 0.717) is 5.92 Å². The lowest BCUT2D eigenvalue weighted by molar-refractivity contribution is -0.143. The molecule has 20 heavy (non-hydrogen) atoms. The molecule has 3 rings (SSSR count). The van der Waals surface area contributed by atoms with Gasteiger partial charge in [0, 0.05) is 0 Å². The fraction of sp³-hybridized carbons (Fsp3) is 0.933. The summed E-state index contributed by atoms with van der Waals surface area (Å²) < 4.78 is 0. The molecule has 1 saturated heterocycles. The van der Waals surface area contributed by atoms with Crippen molar-refractivity contribution in [2.75, 3.05) is 0 Å². The molecule has 3 N–H and O–H groups in total. The summed E-state index contributed by atoms with van der Waals surface area (Å²) >= 11 is 0. The number of aliphatic carboxylic acids is 1. The van der Waals surface area contributed by atoms with E-state index in [0.717, 1.165) is 38.0 Å². The Kier molecular flexibility index (Phi) is 4.58. The summed E-state index contributed by atoms with van der Waals surface area (Å²) in [4.78, 5) is 16.8. The number of carboxylic acid groups (broad SMARTS) is 1. The summed E-state index contributed by atoms with van der Waals surface area (Å²) in [6.45, 7) is 0. The molecule has 0 aromatic rings. The Bertz CT molecular complexity index is 344. The van der Waals surface area contributed by atoms with Crippen LogP contribution < -0.4 is 10.8 Å². The van der Waals surface area contributed by atoms with Crippen LogP contribution in [0.3, 0.4) is 0 Å². The number of hydrogen-bond donors (Lipinski definition) is 3. The molecule has 5 nitrogen and oxygen atoms in total. The average Bonchev–Trinajstić information content (AvgIpc) is 3.11. The Balaban J connectivity index is 1.47. The van der Waals surface area contributed by atoms with Crippen molar-refractivity contribution in [2.45, 2.75) is 70.2 Å². The molecule has 4 atom stereocenters. The van der Waals surface area contributed by atoms with E-state index in [1.807, 2.05) is 0 Å². The highest BCUT2D eigenvalue weighted by atomic mass is 16.7. The van der Waals surface area contributed by atoms with Crippen molar-refractivity contribution in [3.63, 3.8) is 0 Å². The van der Waals surface area contributed by atoms with Gasteiger partial charge in [-0.15, -0.1) is 0 Å². The fourth-order valence-corrected chi connectivity index (χ4v) is 4.08. The van der Waals surface area contributed by atoms with Crippen molar-refractivity contribution in [1.29, 1.82) is 0 Å². The van der Waals surface area contributed by atoms with E-state index in [-0.39, 0.29) is 18.3 Å². The summed E-state index contributed by atoms with van der Waals surface area (Å²) in [5.74, 6) is 0.354. The number of hydroxylamine groups is 1. The van der Waals surface area contributed by atoms with Crippen LogP contribution in [0.5, 0.6) is 0 Å². The maximum Gasteiger partial charge on any atom is 0.306 e. The maximum absolute atomic E-state index is 11.1. The van der Waals surface area contributed by atoms with Crippen molar-refractivity contribution in [2.24, 2.45) is 17.8 Å². The fourth-order valence-electron chi connectivity index (χ4n) is 4.08. The molecule has 3 aliphatic rings. The zero-order valence-electron chi connectivity index (χ0n) is 12.0. The molecular weight excluding hydrogens is 256 g/mol. The van der Waals surface area contributed by atoms with E-state index in [1.165, 1.54) is 25.7 Å². The minimum atomic E-state index is -0.642. The Morgan fingerprint density at radius 3 is 2.70 bits per heavy atom. The lowest BCUT2D eigenvalue weighted by Crippen LogP contribution is -2.43. The van der Waals surface area contributed by atoms with Gasteiger partial charge in [0.05, 0.1) is 12.1 Å². The van der Waals surface area contributed by atoms with Gasteiger partial charge in [-0.1, -0.05) is 32.1 Å². The first-order valence-electron chi connectivity index (χ1n) is 8.12. The number of carboxylic acids is 1. The third-order valence-corrected chi connectivity index (χ3v) is 5.26. The summed E-state index contributed by atoms with van der Waals surface area (Å²) in [7, 11) is 0. The molecule has 3 fully saturated rings. The molecule has 4 unspecified atom stereocenters. The van der Waals surface area contributed by atoms with E-state index in [9.17, 15) is 4.79 Å². The van der Waals surface area contributed by atoms with Crippen molar-refractivity contribution in [3.05, 3.63) is 0 Å². The number of rotatable bonds is 4. The summed E-state index contributed by atoms with van der Waals surface area (Å²) in [5.41, 5.74) is 3.11. The van der Waals surface area contributed by atoms with E-state index < -0.39 is 5.97 Å². The lowest BCUT2D eigenvalue weighted by atomic mass is 9.80. The van der Waals surface area contributed by atoms with Gasteiger partial charge in [-0.2, -0.15) is 5.48 Å². The van der Waals surface area contributed by atoms with Gasteiger partial charge in [-0.05, 0) is 37.5 Å². The van der Waals surface area contributed by atoms with E-state index in [4.69, 9.17) is 9.94 Å². The predicted octanol–water partition coefficient (Wildman–Crippen LogP) is 2.23. The second kappa shape index (κ2) is 6.41. The molecule has 2 saturated carbocycles. The van der Waals surface area contributed by atoms with Crippen molar-refractivity contribution >= 4 is 5.97 Å². The zero-order valence-corrected chi connectivity index (χ0v) is 12.0. The highest BCUT2D eigenvalue weighted by molar-refractivity contribution is 5.70. The van der Waals surface area contributed by atoms with Gasteiger partial charge >= 0.3 is 5.97 Å². The number of hydrogen-bond acceptors (Lipinski definition) is 4. The molecule has 1 aliphatic heterocycles. The van der Waals surface area contributed by atoms with Gasteiger partial charge in [0.15, 0.2) is 0 Å². The van der Waals surface area contributed by atoms with Gasteiger partial charge in [-0.25, -0.2) is 0 Å². The molecule has 0 amide bonds. The topological polar surface area (TPSA) is 70.6 Å².